The lowest BCUT2D eigenvalue weighted by molar-refractivity contribution is 0.585. The zero-order chi connectivity index (χ0) is 11.0. The van der Waals surface area contributed by atoms with E-state index in [1.807, 2.05) is 6.20 Å². The first kappa shape index (κ1) is 11.6. The van der Waals surface area contributed by atoms with Crippen molar-refractivity contribution in [3.63, 3.8) is 0 Å². The fraction of sp³-hybridized carbons (Fsp3) is 0.583. The fourth-order valence-electron chi connectivity index (χ4n) is 1.20. The Balaban J connectivity index is 3.02. The van der Waals surface area contributed by atoms with Gasteiger partial charge in [0.15, 0.2) is 0 Å². The molecule has 1 rings (SSSR count). The van der Waals surface area contributed by atoms with Gasteiger partial charge < -0.3 is 0 Å². The molecule has 2 heteroatoms. The fourth-order valence-corrected chi connectivity index (χ4v) is 1.33. The third-order valence-electron chi connectivity index (χ3n) is 2.26. The Morgan fingerprint density at radius 2 is 1.64 bits per heavy atom. The van der Waals surface area contributed by atoms with E-state index in [2.05, 4.69) is 64.4 Å². The van der Waals surface area contributed by atoms with Crippen LogP contribution in [0.15, 0.2) is 18.3 Å². The Bertz CT molecular complexity index is 268. The second-order valence-corrected chi connectivity index (χ2v) is 6.36. The van der Waals surface area contributed by atoms with Gasteiger partial charge in [0.2, 0.25) is 0 Å². The van der Waals surface area contributed by atoms with Gasteiger partial charge in [0, 0.05) is 10.9 Å². The summed E-state index contributed by atoms with van der Waals surface area (Å²) in [6, 6.07) is 4.20. The van der Waals surface area contributed by atoms with Crippen molar-refractivity contribution < 1.29 is 0 Å². The first-order valence-corrected chi connectivity index (χ1v) is 5.35. The molecule has 0 fully saturated rings. The predicted molar refractivity (Wildman–Crippen MR) is 64.9 cm³/mol. The highest BCUT2D eigenvalue weighted by molar-refractivity contribution is 7.81. The van der Waals surface area contributed by atoms with E-state index < -0.39 is 0 Å². The van der Waals surface area contributed by atoms with E-state index in [0.29, 0.717) is 0 Å². The molecule has 0 bridgehead atoms. The summed E-state index contributed by atoms with van der Waals surface area (Å²) in [5.74, 6) is 0. The van der Waals surface area contributed by atoms with Crippen LogP contribution in [0.25, 0.3) is 0 Å². The highest BCUT2D eigenvalue weighted by atomic mass is 32.1. The van der Waals surface area contributed by atoms with Crippen LogP contribution in [-0.4, -0.2) is 4.98 Å². The van der Waals surface area contributed by atoms with Crippen molar-refractivity contribution in [2.75, 3.05) is 0 Å². The van der Waals surface area contributed by atoms with E-state index in [0.717, 1.165) is 5.69 Å². The largest absolute Gasteiger partial charge is 0.260 e. The van der Waals surface area contributed by atoms with Crippen LogP contribution in [0.4, 0.5) is 0 Å². The second kappa shape index (κ2) is 3.58. The summed E-state index contributed by atoms with van der Waals surface area (Å²) in [5, 5.41) is 0. The van der Waals surface area contributed by atoms with Crippen LogP contribution in [0, 0.1) is 0 Å². The van der Waals surface area contributed by atoms with Crippen LogP contribution in [0.2, 0.25) is 0 Å². The highest BCUT2D eigenvalue weighted by Crippen LogP contribution is 2.27. The van der Waals surface area contributed by atoms with Crippen molar-refractivity contribution >= 4 is 12.6 Å². The smallest absolute Gasteiger partial charge is 0.0556 e. The molecule has 0 atom stereocenters. The quantitative estimate of drug-likeness (QED) is 0.698. The molecule has 1 aromatic heterocycles. The molecule has 14 heavy (non-hydrogen) atoms. The van der Waals surface area contributed by atoms with Crippen molar-refractivity contribution in [3.05, 3.63) is 29.6 Å². The summed E-state index contributed by atoms with van der Waals surface area (Å²) in [6.45, 7) is 10.7. The SMILES string of the molecule is CC(C)(C)c1ccc(C(C)(C)S)nc1. The van der Waals surface area contributed by atoms with Crippen LogP contribution in [0.5, 0.6) is 0 Å². The number of thiol groups is 1. The molecule has 0 aliphatic heterocycles. The van der Waals surface area contributed by atoms with Gasteiger partial charge in [-0.05, 0) is 30.9 Å². The number of aromatic nitrogens is 1. The minimum Gasteiger partial charge on any atom is -0.260 e. The molecule has 0 saturated carbocycles. The van der Waals surface area contributed by atoms with E-state index in [-0.39, 0.29) is 10.2 Å². The Morgan fingerprint density at radius 3 is 1.93 bits per heavy atom. The molecule has 0 saturated heterocycles. The molecule has 1 heterocycles. The number of hydrogen-bond donors (Lipinski definition) is 1. The summed E-state index contributed by atoms with van der Waals surface area (Å²) in [6.07, 6.45) is 1.95. The summed E-state index contributed by atoms with van der Waals surface area (Å²) >= 11 is 4.49. The molecule has 0 aliphatic rings. The van der Waals surface area contributed by atoms with E-state index in [1.165, 1.54) is 5.56 Å². The van der Waals surface area contributed by atoms with Gasteiger partial charge in [0.1, 0.15) is 0 Å². The van der Waals surface area contributed by atoms with Crippen molar-refractivity contribution in [1.82, 2.24) is 4.98 Å². The lowest BCUT2D eigenvalue weighted by Crippen LogP contribution is -2.14. The summed E-state index contributed by atoms with van der Waals surface area (Å²) < 4.78 is -0.156. The van der Waals surface area contributed by atoms with Gasteiger partial charge in [0.25, 0.3) is 0 Å². The van der Waals surface area contributed by atoms with E-state index >= 15 is 0 Å². The zero-order valence-electron chi connectivity index (χ0n) is 9.63. The molecule has 0 aliphatic carbocycles. The molecular weight excluding hydrogens is 190 g/mol. The standard InChI is InChI=1S/C12H19NS/c1-11(2,3)9-6-7-10(13-8-9)12(4,5)14/h6-8,14H,1-5H3. The number of rotatable bonds is 1. The molecule has 0 radical (unpaired) electrons. The molecule has 1 aromatic rings. The van der Waals surface area contributed by atoms with E-state index in [1.54, 1.807) is 0 Å². The minimum atomic E-state index is -0.156. The van der Waals surface area contributed by atoms with Gasteiger partial charge >= 0.3 is 0 Å². The maximum absolute atomic E-state index is 4.49. The van der Waals surface area contributed by atoms with Crippen molar-refractivity contribution in [2.24, 2.45) is 0 Å². The summed E-state index contributed by atoms with van der Waals surface area (Å²) in [7, 11) is 0. The van der Waals surface area contributed by atoms with Crippen molar-refractivity contribution in [1.29, 1.82) is 0 Å². The number of hydrogen-bond acceptors (Lipinski definition) is 2. The molecule has 78 valence electrons. The average molecular weight is 209 g/mol. The van der Waals surface area contributed by atoms with Gasteiger partial charge in [-0.15, -0.1) is 0 Å². The van der Waals surface area contributed by atoms with Gasteiger partial charge in [0.05, 0.1) is 5.69 Å². The molecule has 1 nitrogen and oxygen atoms in total. The molecular formula is C12H19NS. The maximum Gasteiger partial charge on any atom is 0.0556 e. The predicted octanol–water partition coefficient (Wildman–Crippen LogP) is 3.54. The van der Waals surface area contributed by atoms with Crippen LogP contribution in [-0.2, 0) is 10.2 Å². The molecule has 0 unspecified atom stereocenters. The molecule has 0 spiro atoms. The monoisotopic (exact) mass is 209 g/mol. The maximum atomic E-state index is 4.49. The van der Waals surface area contributed by atoms with Crippen LogP contribution < -0.4 is 0 Å². The lowest BCUT2D eigenvalue weighted by Gasteiger charge is -2.21. The second-order valence-electron chi connectivity index (χ2n) is 5.24. The van der Waals surface area contributed by atoms with Crippen LogP contribution >= 0.6 is 12.6 Å². The van der Waals surface area contributed by atoms with Gasteiger partial charge in [-0.2, -0.15) is 12.6 Å². The Hall–Kier alpha value is -0.500. The van der Waals surface area contributed by atoms with Gasteiger partial charge in [-0.1, -0.05) is 26.8 Å². The normalized spacial score (nSPS) is 13.0. The van der Waals surface area contributed by atoms with Crippen molar-refractivity contribution in [2.45, 2.75) is 44.8 Å². The zero-order valence-corrected chi connectivity index (χ0v) is 10.5. The number of pyridine rings is 1. The van der Waals surface area contributed by atoms with Crippen LogP contribution in [0.3, 0.4) is 0 Å². The topological polar surface area (TPSA) is 12.9 Å². The Kier molecular flexibility index (Phi) is 2.96. The van der Waals surface area contributed by atoms with E-state index in [9.17, 15) is 0 Å². The molecule has 0 amide bonds. The lowest BCUT2D eigenvalue weighted by atomic mass is 9.88. The molecule has 0 N–H and O–H groups in total. The summed E-state index contributed by atoms with van der Waals surface area (Å²) in [5.41, 5.74) is 2.46. The third-order valence-corrected chi connectivity index (χ3v) is 2.49. The Morgan fingerprint density at radius 1 is 1.07 bits per heavy atom. The minimum absolute atomic E-state index is 0.156. The summed E-state index contributed by atoms with van der Waals surface area (Å²) in [4.78, 5) is 4.44. The highest BCUT2D eigenvalue weighted by Gasteiger charge is 2.18. The Labute approximate surface area is 92.4 Å². The van der Waals surface area contributed by atoms with E-state index in [4.69, 9.17) is 0 Å². The first-order valence-electron chi connectivity index (χ1n) is 4.90. The molecule has 0 aromatic carbocycles. The van der Waals surface area contributed by atoms with Crippen molar-refractivity contribution in [3.8, 4) is 0 Å². The third kappa shape index (κ3) is 2.74. The average Bonchev–Trinajstić information content (AvgIpc) is 2.01. The van der Waals surface area contributed by atoms with Crippen LogP contribution in [0.1, 0.15) is 45.9 Å². The van der Waals surface area contributed by atoms with Gasteiger partial charge in [-0.25, -0.2) is 0 Å². The first-order chi connectivity index (χ1) is 6.21. The number of nitrogens with zero attached hydrogens (tertiary/aromatic N) is 1. The van der Waals surface area contributed by atoms with Gasteiger partial charge in [-0.3, -0.25) is 4.98 Å².